The molecule has 0 aliphatic carbocycles. The van der Waals surface area contributed by atoms with Gasteiger partial charge in [-0.1, -0.05) is 36.8 Å². The average molecular weight is 354 g/mol. The highest BCUT2D eigenvalue weighted by Crippen LogP contribution is 2.29. The van der Waals surface area contributed by atoms with Crippen LogP contribution in [0.1, 0.15) is 49.2 Å². The van der Waals surface area contributed by atoms with Gasteiger partial charge < -0.3 is 4.90 Å². The van der Waals surface area contributed by atoms with Crippen LogP contribution in [0, 0.1) is 12.8 Å². The maximum atomic E-state index is 13.0. The number of hydrogen-bond acceptors (Lipinski definition) is 3. The van der Waals surface area contributed by atoms with E-state index in [9.17, 15) is 9.59 Å². The number of nitrogens with zero attached hydrogens (tertiary/aromatic N) is 4. The van der Waals surface area contributed by atoms with Gasteiger partial charge >= 0.3 is 5.69 Å². The summed E-state index contributed by atoms with van der Waals surface area (Å²) in [7, 11) is 0. The van der Waals surface area contributed by atoms with Crippen molar-refractivity contribution >= 4 is 5.91 Å². The Morgan fingerprint density at radius 2 is 1.88 bits per heavy atom. The van der Waals surface area contributed by atoms with Crippen molar-refractivity contribution in [1.29, 1.82) is 0 Å². The van der Waals surface area contributed by atoms with Crippen molar-refractivity contribution in [2.75, 3.05) is 13.1 Å². The topological polar surface area (TPSA) is 60.1 Å². The third-order valence-corrected chi connectivity index (χ3v) is 5.57. The molecule has 1 aromatic carbocycles. The van der Waals surface area contributed by atoms with Crippen LogP contribution in [0.15, 0.2) is 29.1 Å². The summed E-state index contributed by atoms with van der Waals surface area (Å²) < 4.78 is 3.18. The van der Waals surface area contributed by atoms with Crippen LogP contribution in [-0.2, 0) is 17.8 Å². The largest absolute Gasteiger partial charge is 0.346 e. The molecular weight excluding hydrogens is 328 g/mol. The average Bonchev–Trinajstić information content (AvgIpc) is 3.25. The van der Waals surface area contributed by atoms with Crippen LogP contribution in [0.3, 0.4) is 0 Å². The third kappa shape index (κ3) is 3.08. The molecule has 1 fully saturated rings. The van der Waals surface area contributed by atoms with E-state index in [1.54, 1.807) is 4.57 Å². The fourth-order valence-electron chi connectivity index (χ4n) is 4.13. The molecule has 0 N–H and O–H groups in total. The van der Waals surface area contributed by atoms with Gasteiger partial charge in [0, 0.05) is 19.5 Å². The van der Waals surface area contributed by atoms with E-state index in [1.807, 2.05) is 36.1 Å². The van der Waals surface area contributed by atoms with Gasteiger partial charge in [0.25, 0.3) is 0 Å². The van der Waals surface area contributed by atoms with Gasteiger partial charge in [0.05, 0.1) is 6.54 Å². The molecule has 0 bridgehead atoms. The highest BCUT2D eigenvalue weighted by atomic mass is 16.2. The Morgan fingerprint density at radius 1 is 1.19 bits per heavy atom. The minimum absolute atomic E-state index is 0.0901. The summed E-state index contributed by atoms with van der Waals surface area (Å²) in [5, 5.41) is 4.57. The summed E-state index contributed by atoms with van der Waals surface area (Å²) in [6.07, 6.45) is 3.59. The monoisotopic (exact) mass is 354 g/mol. The fourth-order valence-corrected chi connectivity index (χ4v) is 4.13. The molecule has 3 heterocycles. The minimum Gasteiger partial charge on any atom is -0.341 e. The van der Waals surface area contributed by atoms with Crippen LogP contribution in [0.2, 0.25) is 0 Å². The molecule has 6 nitrogen and oxygen atoms in total. The quantitative estimate of drug-likeness (QED) is 0.848. The van der Waals surface area contributed by atoms with Gasteiger partial charge in [-0.15, -0.1) is 0 Å². The molecule has 1 saturated heterocycles. The van der Waals surface area contributed by atoms with Gasteiger partial charge in [-0.25, -0.2) is 9.48 Å². The molecule has 2 unspecified atom stereocenters. The van der Waals surface area contributed by atoms with Crippen molar-refractivity contribution in [3.05, 3.63) is 51.7 Å². The van der Waals surface area contributed by atoms with Gasteiger partial charge in [-0.2, -0.15) is 5.10 Å². The van der Waals surface area contributed by atoms with Gasteiger partial charge in [-0.05, 0) is 37.7 Å². The summed E-state index contributed by atoms with van der Waals surface area (Å²) in [5.74, 6) is 1.19. The Morgan fingerprint density at radius 3 is 2.58 bits per heavy atom. The standard InChI is InChI=1S/C20H26N4O2/c1-14-5-7-16(8-6-14)13-23-20(26)24-17(11-15(2)12-18(24)21-23)19(25)22-9-3-4-10-22/h5-8,15,17H,3-4,9-13H2,1-2H3. The van der Waals surface area contributed by atoms with E-state index in [0.29, 0.717) is 12.5 Å². The molecule has 26 heavy (non-hydrogen) atoms. The Balaban J connectivity index is 1.66. The lowest BCUT2D eigenvalue weighted by atomic mass is 9.93. The molecule has 1 aromatic heterocycles. The van der Waals surface area contributed by atoms with E-state index < -0.39 is 6.04 Å². The van der Waals surface area contributed by atoms with Gasteiger partial charge in [0.15, 0.2) is 0 Å². The number of carbonyl (C=O) groups excluding carboxylic acids is 1. The summed E-state index contributed by atoms with van der Waals surface area (Å²) >= 11 is 0. The second kappa shape index (κ2) is 6.74. The van der Waals surface area contributed by atoms with Crippen molar-refractivity contribution in [3.8, 4) is 0 Å². The zero-order valence-corrected chi connectivity index (χ0v) is 15.5. The maximum absolute atomic E-state index is 13.0. The lowest BCUT2D eigenvalue weighted by Gasteiger charge is -2.30. The first-order valence-electron chi connectivity index (χ1n) is 9.55. The molecule has 2 aliphatic heterocycles. The second-order valence-corrected chi connectivity index (χ2v) is 7.81. The van der Waals surface area contributed by atoms with Crippen molar-refractivity contribution < 1.29 is 4.79 Å². The number of aromatic nitrogens is 3. The fraction of sp³-hybridized carbons (Fsp3) is 0.550. The first-order valence-corrected chi connectivity index (χ1v) is 9.55. The lowest BCUT2D eigenvalue weighted by Crippen LogP contribution is -2.42. The van der Waals surface area contributed by atoms with E-state index >= 15 is 0 Å². The van der Waals surface area contributed by atoms with Gasteiger partial charge in [0.2, 0.25) is 5.91 Å². The molecule has 6 heteroatoms. The number of amides is 1. The number of likely N-dealkylation sites (tertiary alicyclic amines) is 1. The van der Waals surface area contributed by atoms with Gasteiger partial charge in [0.1, 0.15) is 11.9 Å². The van der Waals surface area contributed by atoms with Crippen LogP contribution in [-0.4, -0.2) is 38.2 Å². The third-order valence-electron chi connectivity index (χ3n) is 5.57. The Kier molecular flexibility index (Phi) is 4.42. The molecule has 1 amide bonds. The number of carbonyl (C=O) groups is 1. The van der Waals surface area contributed by atoms with Crippen molar-refractivity contribution in [2.45, 2.75) is 52.1 Å². The van der Waals surface area contributed by atoms with Crippen LogP contribution in [0.4, 0.5) is 0 Å². The molecular formula is C20H26N4O2. The second-order valence-electron chi connectivity index (χ2n) is 7.81. The Labute approximate surface area is 153 Å². The number of hydrogen-bond donors (Lipinski definition) is 0. The van der Waals surface area contributed by atoms with Crippen molar-refractivity contribution in [1.82, 2.24) is 19.2 Å². The van der Waals surface area contributed by atoms with E-state index in [0.717, 1.165) is 50.2 Å². The smallest absolute Gasteiger partial charge is 0.341 e. The number of aryl methyl sites for hydroxylation is 1. The van der Waals surface area contributed by atoms with E-state index in [2.05, 4.69) is 12.0 Å². The normalized spacial score (nSPS) is 22.5. The summed E-state index contributed by atoms with van der Waals surface area (Å²) in [6, 6.07) is 7.73. The molecule has 138 valence electrons. The maximum Gasteiger partial charge on any atom is 0.346 e. The summed E-state index contributed by atoms with van der Waals surface area (Å²) in [6.45, 7) is 6.24. The molecule has 2 aromatic rings. The molecule has 0 saturated carbocycles. The highest BCUT2D eigenvalue weighted by molar-refractivity contribution is 5.81. The van der Waals surface area contributed by atoms with Crippen LogP contribution in [0.5, 0.6) is 0 Å². The summed E-state index contributed by atoms with van der Waals surface area (Å²) in [5.41, 5.74) is 2.07. The zero-order valence-electron chi connectivity index (χ0n) is 15.5. The van der Waals surface area contributed by atoms with E-state index in [4.69, 9.17) is 0 Å². The van der Waals surface area contributed by atoms with Gasteiger partial charge in [-0.3, -0.25) is 9.36 Å². The summed E-state index contributed by atoms with van der Waals surface area (Å²) in [4.78, 5) is 27.9. The molecule has 0 radical (unpaired) electrons. The molecule has 2 aliphatic rings. The highest BCUT2D eigenvalue weighted by Gasteiger charge is 2.36. The van der Waals surface area contributed by atoms with E-state index in [-0.39, 0.29) is 11.6 Å². The van der Waals surface area contributed by atoms with Crippen molar-refractivity contribution in [2.24, 2.45) is 5.92 Å². The molecule has 2 atom stereocenters. The molecule has 0 spiro atoms. The SMILES string of the molecule is Cc1ccc(Cn2nc3n(c2=O)C(C(=O)N2CCCC2)CC(C)C3)cc1. The predicted octanol–water partition coefficient (Wildman–Crippen LogP) is 2.15. The first-order chi connectivity index (χ1) is 12.5. The predicted molar refractivity (Wildman–Crippen MR) is 99.1 cm³/mol. The minimum atomic E-state index is -0.397. The molecule has 4 rings (SSSR count). The zero-order chi connectivity index (χ0) is 18.3. The van der Waals surface area contributed by atoms with Crippen molar-refractivity contribution in [3.63, 3.8) is 0 Å². The lowest BCUT2D eigenvalue weighted by molar-refractivity contribution is -0.134. The first kappa shape index (κ1) is 17.1. The number of fused-ring (bicyclic) bond motifs is 1. The number of rotatable bonds is 3. The van der Waals surface area contributed by atoms with Crippen LogP contribution in [0.25, 0.3) is 0 Å². The Bertz CT molecular complexity index is 859. The number of benzene rings is 1. The van der Waals surface area contributed by atoms with E-state index in [1.165, 1.54) is 10.2 Å². The van der Waals surface area contributed by atoms with Crippen LogP contribution >= 0.6 is 0 Å². The Hall–Kier alpha value is -2.37. The van der Waals surface area contributed by atoms with Crippen LogP contribution < -0.4 is 5.69 Å².